The van der Waals surface area contributed by atoms with E-state index in [0.717, 1.165) is 5.56 Å². The van der Waals surface area contributed by atoms with E-state index in [9.17, 15) is 14.4 Å². The number of benzene rings is 1. The first-order valence-electron chi connectivity index (χ1n) is 8.26. The molecule has 0 aromatic heterocycles. The Hall–Kier alpha value is -2.57. The van der Waals surface area contributed by atoms with Crippen LogP contribution in [0.5, 0.6) is 0 Å². The quantitative estimate of drug-likeness (QED) is 0.570. The zero-order valence-corrected chi connectivity index (χ0v) is 14.4. The van der Waals surface area contributed by atoms with E-state index in [1.165, 1.54) is 7.11 Å². The van der Waals surface area contributed by atoms with Gasteiger partial charge in [-0.05, 0) is 31.2 Å². The monoisotopic (exact) mass is 349 g/mol. The number of alkyl carbamates (subject to hydrolysis) is 1. The molecule has 7 nitrogen and oxygen atoms in total. The minimum atomic E-state index is -0.849. The number of carbonyl (C=O) groups excluding carboxylic acids is 3. The summed E-state index contributed by atoms with van der Waals surface area (Å²) in [5, 5.41) is 2.51. The van der Waals surface area contributed by atoms with Crippen molar-refractivity contribution in [3.63, 3.8) is 0 Å². The van der Waals surface area contributed by atoms with E-state index in [1.54, 1.807) is 6.92 Å². The van der Waals surface area contributed by atoms with Crippen LogP contribution in [0.2, 0.25) is 0 Å². The number of hydrogen-bond donors (Lipinski definition) is 1. The molecule has 7 heteroatoms. The molecule has 0 heterocycles. The Labute approximate surface area is 146 Å². The first-order valence-corrected chi connectivity index (χ1v) is 8.26. The molecule has 1 amide bonds. The molecule has 1 fully saturated rings. The number of methoxy groups -OCH3 is 1. The van der Waals surface area contributed by atoms with Gasteiger partial charge in [-0.2, -0.15) is 0 Å². The molecule has 1 unspecified atom stereocenters. The van der Waals surface area contributed by atoms with Crippen molar-refractivity contribution in [3.05, 3.63) is 35.9 Å². The molecule has 3 atom stereocenters. The van der Waals surface area contributed by atoms with Crippen LogP contribution in [0.15, 0.2) is 30.3 Å². The van der Waals surface area contributed by atoms with Crippen LogP contribution >= 0.6 is 0 Å². The van der Waals surface area contributed by atoms with E-state index in [1.807, 2.05) is 30.3 Å². The largest absolute Gasteiger partial charge is 0.467 e. The molecule has 1 aromatic carbocycles. The Morgan fingerprint density at radius 3 is 2.56 bits per heavy atom. The summed E-state index contributed by atoms with van der Waals surface area (Å²) >= 11 is 0. The van der Waals surface area contributed by atoms with Gasteiger partial charge in [-0.25, -0.2) is 9.59 Å². The van der Waals surface area contributed by atoms with Gasteiger partial charge in [0.25, 0.3) is 0 Å². The molecular weight excluding hydrogens is 326 g/mol. The molecule has 0 bridgehead atoms. The molecule has 1 N–H and O–H groups in total. The highest BCUT2D eigenvalue weighted by Crippen LogP contribution is 2.43. The van der Waals surface area contributed by atoms with Crippen LogP contribution in [-0.4, -0.2) is 37.8 Å². The molecule has 25 heavy (non-hydrogen) atoms. The zero-order chi connectivity index (χ0) is 18.2. The van der Waals surface area contributed by atoms with E-state index in [4.69, 9.17) is 14.2 Å². The van der Waals surface area contributed by atoms with Crippen LogP contribution in [-0.2, 0) is 30.4 Å². The van der Waals surface area contributed by atoms with Crippen LogP contribution in [0, 0.1) is 11.8 Å². The predicted octanol–water partition coefficient (Wildman–Crippen LogP) is 2.04. The molecule has 136 valence electrons. The number of nitrogens with one attached hydrogen (secondary N) is 1. The second-order valence-electron chi connectivity index (χ2n) is 5.87. The van der Waals surface area contributed by atoms with E-state index in [-0.39, 0.29) is 24.4 Å². The average Bonchev–Trinajstić information content (AvgIpc) is 3.39. The summed E-state index contributed by atoms with van der Waals surface area (Å²) in [7, 11) is 1.25. The van der Waals surface area contributed by atoms with Gasteiger partial charge in [0.1, 0.15) is 12.6 Å². The Bertz CT molecular complexity index is 603. The molecule has 0 saturated heterocycles. The van der Waals surface area contributed by atoms with Gasteiger partial charge in [0, 0.05) is 0 Å². The number of esters is 2. The van der Waals surface area contributed by atoms with Crippen LogP contribution in [0.4, 0.5) is 4.79 Å². The standard InChI is InChI=1S/C18H23NO6/c1-3-24-16(20)14-9-13(14)10-15(17(21)23-2)19-18(22)25-11-12-7-5-4-6-8-12/h4-8,13-15H,3,9-11H2,1-2H3,(H,19,22)/t13-,14+,15?/m0/s1. The summed E-state index contributed by atoms with van der Waals surface area (Å²) in [5.74, 6) is -1.04. The lowest BCUT2D eigenvalue weighted by Crippen LogP contribution is -2.42. The van der Waals surface area contributed by atoms with E-state index >= 15 is 0 Å². The number of hydrogen-bond acceptors (Lipinski definition) is 6. The molecule has 1 aliphatic carbocycles. The van der Waals surface area contributed by atoms with E-state index in [0.29, 0.717) is 19.4 Å². The Morgan fingerprint density at radius 1 is 1.20 bits per heavy atom. The fourth-order valence-electron chi connectivity index (χ4n) is 2.61. The maximum atomic E-state index is 11.9. The normalized spacial score (nSPS) is 19.4. The maximum absolute atomic E-state index is 11.9. The number of rotatable bonds is 8. The van der Waals surface area contributed by atoms with Gasteiger partial charge in [0.2, 0.25) is 0 Å². The molecule has 1 aliphatic rings. The second-order valence-corrected chi connectivity index (χ2v) is 5.87. The fraction of sp³-hybridized carbons (Fsp3) is 0.500. The van der Waals surface area contributed by atoms with Gasteiger partial charge in [-0.1, -0.05) is 30.3 Å². The van der Waals surface area contributed by atoms with Gasteiger partial charge in [0.05, 0.1) is 19.6 Å². The number of amides is 1. The lowest BCUT2D eigenvalue weighted by atomic mass is 10.1. The van der Waals surface area contributed by atoms with Gasteiger partial charge >= 0.3 is 18.0 Å². The fourth-order valence-corrected chi connectivity index (χ4v) is 2.61. The molecular formula is C18H23NO6. The van der Waals surface area contributed by atoms with Crippen LogP contribution in [0.1, 0.15) is 25.3 Å². The van der Waals surface area contributed by atoms with Gasteiger partial charge < -0.3 is 19.5 Å². The average molecular weight is 349 g/mol. The second kappa shape index (κ2) is 9.05. The third kappa shape index (κ3) is 5.77. The molecule has 0 aliphatic heterocycles. The molecule has 0 spiro atoms. The summed E-state index contributed by atoms with van der Waals surface area (Å²) in [6, 6.07) is 8.37. The molecule has 1 aromatic rings. The minimum Gasteiger partial charge on any atom is -0.467 e. The highest BCUT2D eigenvalue weighted by atomic mass is 16.6. The summed E-state index contributed by atoms with van der Waals surface area (Å²) in [6.45, 7) is 2.18. The van der Waals surface area contributed by atoms with Crippen molar-refractivity contribution in [3.8, 4) is 0 Å². The summed E-state index contributed by atoms with van der Waals surface area (Å²) < 4.78 is 14.8. The van der Waals surface area contributed by atoms with Crippen molar-refractivity contribution in [1.29, 1.82) is 0 Å². The summed E-state index contributed by atoms with van der Waals surface area (Å²) in [5.41, 5.74) is 0.844. The zero-order valence-electron chi connectivity index (χ0n) is 14.4. The highest BCUT2D eigenvalue weighted by molar-refractivity contribution is 5.82. The van der Waals surface area contributed by atoms with Crippen LogP contribution in [0.3, 0.4) is 0 Å². The predicted molar refractivity (Wildman–Crippen MR) is 88.4 cm³/mol. The van der Waals surface area contributed by atoms with Gasteiger partial charge in [-0.3, -0.25) is 4.79 Å². The Balaban J connectivity index is 1.82. The Morgan fingerprint density at radius 2 is 1.92 bits per heavy atom. The molecule has 1 saturated carbocycles. The smallest absolute Gasteiger partial charge is 0.408 e. The lowest BCUT2D eigenvalue weighted by molar-refractivity contribution is -0.146. The Kier molecular flexibility index (Phi) is 6.80. The van der Waals surface area contributed by atoms with Crippen molar-refractivity contribution in [1.82, 2.24) is 5.32 Å². The van der Waals surface area contributed by atoms with Crippen LogP contribution in [0.25, 0.3) is 0 Å². The van der Waals surface area contributed by atoms with E-state index in [2.05, 4.69) is 5.32 Å². The molecule has 2 rings (SSSR count). The minimum absolute atomic E-state index is 0.00225. The number of ether oxygens (including phenoxy) is 3. The van der Waals surface area contributed by atoms with Crippen molar-refractivity contribution >= 4 is 18.0 Å². The molecule has 0 radical (unpaired) electrons. The lowest BCUT2D eigenvalue weighted by Gasteiger charge is -2.16. The third-order valence-electron chi connectivity index (χ3n) is 4.04. The first kappa shape index (κ1) is 18.8. The summed E-state index contributed by atoms with van der Waals surface area (Å²) in [4.78, 5) is 35.5. The van der Waals surface area contributed by atoms with Crippen molar-refractivity contribution in [2.45, 2.75) is 32.4 Å². The maximum Gasteiger partial charge on any atom is 0.408 e. The van der Waals surface area contributed by atoms with Gasteiger partial charge in [0.15, 0.2) is 0 Å². The van der Waals surface area contributed by atoms with Crippen LogP contribution < -0.4 is 5.32 Å². The SMILES string of the molecule is CCOC(=O)[C@@H]1C[C@H]1CC(NC(=O)OCc1ccccc1)C(=O)OC. The van der Waals surface area contributed by atoms with Crippen molar-refractivity contribution in [2.75, 3.05) is 13.7 Å². The van der Waals surface area contributed by atoms with E-state index < -0.39 is 18.1 Å². The van der Waals surface area contributed by atoms with Gasteiger partial charge in [-0.15, -0.1) is 0 Å². The highest BCUT2D eigenvalue weighted by Gasteiger charge is 2.46. The summed E-state index contributed by atoms with van der Waals surface area (Å²) in [6.07, 6.45) is 0.261. The topological polar surface area (TPSA) is 90.9 Å². The van der Waals surface area contributed by atoms with Crippen molar-refractivity contribution in [2.24, 2.45) is 11.8 Å². The number of carbonyl (C=O) groups is 3. The van der Waals surface area contributed by atoms with Crippen molar-refractivity contribution < 1.29 is 28.6 Å². The third-order valence-corrected chi connectivity index (χ3v) is 4.04. The first-order chi connectivity index (χ1) is 12.0.